The highest BCUT2D eigenvalue weighted by Crippen LogP contribution is 2.18. The smallest absolute Gasteiger partial charge is 0.0915 e. The summed E-state index contributed by atoms with van der Waals surface area (Å²) < 4.78 is 8.40. The van der Waals surface area contributed by atoms with Gasteiger partial charge < -0.3 is 5.32 Å². The van der Waals surface area contributed by atoms with E-state index in [0.717, 1.165) is 25.1 Å². The number of aromatic nitrogens is 2. The first kappa shape index (κ1) is 11.7. The lowest BCUT2D eigenvalue weighted by atomic mass is 10.1. The molecule has 0 radical (unpaired) electrons. The van der Waals surface area contributed by atoms with Crippen LogP contribution in [0.4, 0.5) is 0 Å². The molecular weight excluding hydrogens is 238 g/mol. The first-order valence-corrected chi connectivity index (χ1v) is 7.09. The van der Waals surface area contributed by atoms with Gasteiger partial charge in [-0.2, -0.15) is 20.1 Å². The standard InChI is InChI=1S/C11H15N3S2/c1-2-4-12-10(11-7-13-16-14-11)6-9-3-5-15-8-9/h3,5,7-8,10,12H,2,4,6H2,1H3. The number of hydrogen-bond donors (Lipinski definition) is 1. The van der Waals surface area contributed by atoms with Crippen LogP contribution in [0.25, 0.3) is 0 Å². The van der Waals surface area contributed by atoms with Crippen LogP contribution in [-0.2, 0) is 6.42 Å². The van der Waals surface area contributed by atoms with Crippen LogP contribution in [0.1, 0.15) is 30.6 Å². The lowest BCUT2D eigenvalue weighted by Crippen LogP contribution is -2.24. The SMILES string of the molecule is CCCNC(Cc1ccsc1)c1cnsn1. The van der Waals surface area contributed by atoms with Crippen molar-refractivity contribution in [1.82, 2.24) is 14.1 Å². The fraction of sp³-hybridized carbons (Fsp3) is 0.455. The third-order valence-electron chi connectivity index (χ3n) is 2.40. The van der Waals surface area contributed by atoms with E-state index in [4.69, 9.17) is 0 Å². The van der Waals surface area contributed by atoms with Crippen molar-refractivity contribution in [3.8, 4) is 0 Å². The molecule has 0 amide bonds. The molecule has 0 saturated heterocycles. The number of nitrogens with zero attached hydrogens (tertiary/aromatic N) is 2. The molecule has 0 aromatic carbocycles. The molecular formula is C11H15N3S2. The number of hydrogen-bond acceptors (Lipinski definition) is 5. The van der Waals surface area contributed by atoms with Gasteiger partial charge in [-0.1, -0.05) is 6.92 Å². The molecule has 3 nitrogen and oxygen atoms in total. The Kier molecular flexibility index (Phi) is 4.44. The Morgan fingerprint density at radius 3 is 3.06 bits per heavy atom. The van der Waals surface area contributed by atoms with Crippen LogP contribution >= 0.6 is 23.1 Å². The van der Waals surface area contributed by atoms with Crippen molar-refractivity contribution in [2.45, 2.75) is 25.8 Å². The van der Waals surface area contributed by atoms with Crippen molar-refractivity contribution in [2.24, 2.45) is 0 Å². The van der Waals surface area contributed by atoms with Gasteiger partial charge in [0.25, 0.3) is 0 Å². The number of rotatable bonds is 6. The minimum absolute atomic E-state index is 0.299. The van der Waals surface area contributed by atoms with Gasteiger partial charge >= 0.3 is 0 Å². The minimum Gasteiger partial charge on any atom is -0.308 e. The molecule has 0 aliphatic rings. The third kappa shape index (κ3) is 3.10. The highest BCUT2D eigenvalue weighted by molar-refractivity contribution is 7.07. The summed E-state index contributed by atoms with van der Waals surface area (Å²) in [4.78, 5) is 0. The highest BCUT2D eigenvalue weighted by atomic mass is 32.1. The Bertz CT molecular complexity index is 383. The fourth-order valence-electron chi connectivity index (χ4n) is 1.57. The van der Waals surface area contributed by atoms with Crippen LogP contribution in [0.2, 0.25) is 0 Å². The van der Waals surface area contributed by atoms with E-state index in [1.165, 1.54) is 17.3 Å². The molecule has 86 valence electrons. The average molecular weight is 253 g/mol. The second kappa shape index (κ2) is 6.08. The zero-order valence-corrected chi connectivity index (χ0v) is 10.9. The second-order valence-corrected chi connectivity index (χ2v) is 5.01. The number of nitrogens with one attached hydrogen (secondary N) is 1. The molecule has 1 atom stereocenters. The van der Waals surface area contributed by atoms with Gasteiger partial charge in [0.1, 0.15) is 0 Å². The quantitative estimate of drug-likeness (QED) is 0.860. The summed E-state index contributed by atoms with van der Waals surface area (Å²) in [5.74, 6) is 0. The van der Waals surface area contributed by atoms with E-state index < -0.39 is 0 Å². The van der Waals surface area contributed by atoms with Crippen molar-refractivity contribution in [3.63, 3.8) is 0 Å². The van der Waals surface area contributed by atoms with Gasteiger partial charge in [0.15, 0.2) is 0 Å². The maximum absolute atomic E-state index is 4.32. The first-order chi connectivity index (χ1) is 7.90. The molecule has 2 aromatic rings. The molecule has 0 bridgehead atoms. The van der Waals surface area contributed by atoms with Gasteiger partial charge in [-0.25, -0.2) is 0 Å². The zero-order chi connectivity index (χ0) is 11.2. The van der Waals surface area contributed by atoms with Gasteiger partial charge in [-0.05, 0) is 41.8 Å². The molecule has 2 aromatic heterocycles. The summed E-state index contributed by atoms with van der Waals surface area (Å²) in [6, 6.07) is 2.47. The van der Waals surface area contributed by atoms with Crippen molar-refractivity contribution in [1.29, 1.82) is 0 Å². The van der Waals surface area contributed by atoms with E-state index >= 15 is 0 Å². The van der Waals surface area contributed by atoms with Crippen LogP contribution in [0, 0.1) is 0 Å². The predicted molar refractivity (Wildman–Crippen MR) is 69.0 cm³/mol. The normalized spacial score (nSPS) is 12.8. The fourth-order valence-corrected chi connectivity index (χ4v) is 2.72. The van der Waals surface area contributed by atoms with E-state index in [9.17, 15) is 0 Å². The Morgan fingerprint density at radius 1 is 1.50 bits per heavy atom. The predicted octanol–water partition coefficient (Wildman–Crippen LogP) is 2.88. The summed E-state index contributed by atoms with van der Waals surface area (Å²) in [7, 11) is 0. The molecule has 0 aliphatic carbocycles. The molecule has 16 heavy (non-hydrogen) atoms. The number of thiophene rings is 1. The summed E-state index contributed by atoms with van der Waals surface area (Å²) in [5.41, 5.74) is 2.43. The maximum atomic E-state index is 4.32. The van der Waals surface area contributed by atoms with Crippen molar-refractivity contribution >= 4 is 23.1 Å². The van der Waals surface area contributed by atoms with Gasteiger partial charge in [0, 0.05) is 0 Å². The van der Waals surface area contributed by atoms with Crippen LogP contribution < -0.4 is 5.32 Å². The molecule has 0 aliphatic heterocycles. The summed E-state index contributed by atoms with van der Waals surface area (Å²) >= 11 is 3.02. The van der Waals surface area contributed by atoms with Crippen molar-refractivity contribution < 1.29 is 0 Å². The zero-order valence-electron chi connectivity index (χ0n) is 9.22. The van der Waals surface area contributed by atoms with Crippen molar-refractivity contribution in [2.75, 3.05) is 6.54 Å². The van der Waals surface area contributed by atoms with Crippen LogP contribution in [0.15, 0.2) is 23.0 Å². The van der Waals surface area contributed by atoms with Gasteiger partial charge in [0.05, 0.1) is 29.7 Å². The second-order valence-electron chi connectivity index (χ2n) is 3.67. The molecule has 0 saturated carbocycles. The first-order valence-electron chi connectivity index (χ1n) is 5.42. The van der Waals surface area contributed by atoms with E-state index in [0.29, 0.717) is 6.04 Å². The summed E-state index contributed by atoms with van der Waals surface area (Å²) in [6.07, 6.45) is 4.00. The molecule has 2 heterocycles. The van der Waals surface area contributed by atoms with Gasteiger partial charge in [0.2, 0.25) is 0 Å². The van der Waals surface area contributed by atoms with Crippen LogP contribution in [-0.4, -0.2) is 15.3 Å². The molecule has 1 unspecified atom stereocenters. The molecule has 2 rings (SSSR count). The summed E-state index contributed by atoms with van der Waals surface area (Å²) in [6.45, 7) is 3.19. The van der Waals surface area contributed by atoms with Crippen molar-refractivity contribution in [3.05, 3.63) is 34.3 Å². The van der Waals surface area contributed by atoms with Crippen LogP contribution in [0.5, 0.6) is 0 Å². The van der Waals surface area contributed by atoms with E-state index in [1.807, 2.05) is 6.20 Å². The molecule has 0 fully saturated rings. The van der Waals surface area contributed by atoms with Crippen LogP contribution in [0.3, 0.4) is 0 Å². The maximum Gasteiger partial charge on any atom is 0.0915 e. The Labute approximate surface area is 104 Å². The average Bonchev–Trinajstić information content (AvgIpc) is 2.96. The third-order valence-corrected chi connectivity index (χ3v) is 3.62. The molecule has 1 N–H and O–H groups in total. The Balaban J connectivity index is 2.03. The Hall–Kier alpha value is -0.780. The topological polar surface area (TPSA) is 37.8 Å². The monoisotopic (exact) mass is 253 g/mol. The van der Waals surface area contributed by atoms with E-state index in [2.05, 4.69) is 37.8 Å². The largest absolute Gasteiger partial charge is 0.308 e. The lowest BCUT2D eigenvalue weighted by Gasteiger charge is -2.15. The highest BCUT2D eigenvalue weighted by Gasteiger charge is 2.14. The summed E-state index contributed by atoms with van der Waals surface area (Å²) in [5, 5.41) is 7.83. The van der Waals surface area contributed by atoms with E-state index in [1.54, 1.807) is 11.3 Å². The lowest BCUT2D eigenvalue weighted by molar-refractivity contribution is 0.521. The minimum atomic E-state index is 0.299. The van der Waals surface area contributed by atoms with Gasteiger partial charge in [-0.15, -0.1) is 0 Å². The molecule has 0 spiro atoms. The van der Waals surface area contributed by atoms with E-state index in [-0.39, 0.29) is 0 Å². The van der Waals surface area contributed by atoms with Gasteiger partial charge in [-0.3, -0.25) is 0 Å². The molecule has 5 heteroatoms. The Morgan fingerprint density at radius 2 is 2.44 bits per heavy atom.